The van der Waals surface area contributed by atoms with E-state index in [-0.39, 0.29) is 18.9 Å². The molecule has 1 aromatic rings. The average molecular weight is 631 g/mol. The van der Waals surface area contributed by atoms with Gasteiger partial charge in [0.2, 0.25) is 11.8 Å². The molecule has 13 heteroatoms. The van der Waals surface area contributed by atoms with Crippen LogP contribution in [-0.2, 0) is 58.6 Å². The smallest absolute Gasteiger partial charge is 0.240 e. The Balaban J connectivity index is 1.75. The lowest BCUT2D eigenvalue weighted by atomic mass is 10.1. The number of primary amides is 1. The van der Waals surface area contributed by atoms with Gasteiger partial charge in [-0.15, -0.1) is 0 Å². The van der Waals surface area contributed by atoms with Gasteiger partial charge in [0.15, 0.2) is 0 Å². The molecule has 2 amide bonds. The second-order valence-corrected chi connectivity index (χ2v) is 9.47. The molecule has 13 nitrogen and oxygen atoms in total. The van der Waals surface area contributed by atoms with Gasteiger partial charge in [-0.1, -0.05) is 37.3 Å². The van der Waals surface area contributed by atoms with Gasteiger partial charge in [-0.05, 0) is 12.0 Å². The van der Waals surface area contributed by atoms with Gasteiger partial charge < -0.3 is 53.7 Å². The van der Waals surface area contributed by atoms with E-state index in [1.807, 2.05) is 30.3 Å². The van der Waals surface area contributed by atoms with Crippen LogP contribution in [0.3, 0.4) is 0 Å². The SMILES string of the molecule is CCCOCCOCCOCCOCCOCCOCCOCCOCCOCCC(=O)N[C@@H](Cc1ccccc1)C(N)=O. The van der Waals surface area contributed by atoms with Crippen LogP contribution in [0.2, 0.25) is 0 Å². The van der Waals surface area contributed by atoms with Crippen molar-refractivity contribution >= 4 is 11.8 Å². The molecular weight excluding hydrogens is 576 g/mol. The first-order valence-electron chi connectivity index (χ1n) is 15.5. The monoisotopic (exact) mass is 630 g/mol. The predicted molar refractivity (Wildman–Crippen MR) is 164 cm³/mol. The standard InChI is InChI=1S/C31H54N2O11/c1-2-9-36-11-13-38-15-17-40-19-21-42-23-25-44-26-24-43-22-20-41-18-16-39-14-12-37-10-8-30(34)33-29(31(32)35)27-28-6-4-3-5-7-28/h3-7,29H,2,8-27H2,1H3,(H2,32,35)(H,33,34)/t29-/m0/s1. The first-order valence-corrected chi connectivity index (χ1v) is 15.5. The van der Waals surface area contributed by atoms with Crippen LogP contribution in [0.1, 0.15) is 25.3 Å². The van der Waals surface area contributed by atoms with Gasteiger partial charge in [0.1, 0.15) is 6.04 Å². The molecule has 1 aromatic carbocycles. The van der Waals surface area contributed by atoms with Crippen molar-refractivity contribution in [1.82, 2.24) is 5.32 Å². The average Bonchev–Trinajstić information content (AvgIpc) is 3.02. The highest BCUT2D eigenvalue weighted by molar-refractivity contribution is 5.86. The van der Waals surface area contributed by atoms with Gasteiger partial charge in [0, 0.05) is 19.4 Å². The Morgan fingerprint density at radius 1 is 0.568 bits per heavy atom. The van der Waals surface area contributed by atoms with Crippen molar-refractivity contribution in [2.24, 2.45) is 5.73 Å². The molecule has 0 fully saturated rings. The van der Waals surface area contributed by atoms with Crippen LogP contribution in [0, 0.1) is 0 Å². The Hall–Kier alpha value is -2.20. The van der Waals surface area contributed by atoms with Gasteiger partial charge in [-0.2, -0.15) is 0 Å². The summed E-state index contributed by atoms with van der Waals surface area (Å²) in [5, 5.41) is 2.66. The molecule has 0 radical (unpaired) electrons. The van der Waals surface area contributed by atoms with Crippen molar-refractivity contribution in [3.05, 3.63) is 35.9 Å². The van der Waals surface area contributed by atoms with Crippen molar-refractivity contribution in [2.75, 3.05) is 119 Å². The molecule has 0 unspecified atom stereocenters. The Bertz CT molecular complexity index is 789. The summed E-state index contributed by atoms with van der Waals surface area (Å²) in [7, 11) is 0. The lowest BCUT2D eigenvalue weighted by molar-refractivity contribution is -0.128. The quantitative estimate of drug-likeness (QED) is 0.108. The van der Waals surface area contributed by atoms with E-state index in [0.29, 0.717) is 112 Å². The molecule has 0 spiro atoms. The molecular formula is C31H54N2O11. The van der Waals surface area contributed by atoms with Crippen LogP contribution in [-0.4, -0.2) is 137 Å². The molecule has 0 saturated heterocycles. The maximum absolute atomic E-state index is 12.1. The van der Waals surface area contributed by atoms with Crippen molar-refractivity contribution < 1.29 is 52.2 Å². The van der Waals surface area contributed by atoms with E-state index >= 15 is 0 Å². The maximum Gasteiger partial charge on any atom is 0.240 e. The van der Waals surface area contributed by atoms with E-state index in [2.05, 4.69) is 12.2 Å². The van der Waals surface area contributed by atoms with E-state index in [1.54, 1.807) is 0 Å². The number of nitrogens with one attached hydrogen (secondary N) is 1. The summed E-state index contributed by atoms with van der Waals surface area (Å²) in [6.07, 6.45) is 1.49. The lowest BCUT2D eigenvalue weighted by Gasteiger charge is -2.15. The molecule has 254 valence electrons. The number of carbonyl (C=O) groups excluding carboxylic acids is 2. The third kappa shape index (κ3) is 26.2. The molecule has 0 saturated carbocycles. The number of carbonyl (C=O) groups is 2. The van der Waals surface area contributed by atoms with Crippen molar-refractivity contribution in [3.8, 4) is 0 Å². The fourth-order valence-electron chi connectivity index (χ4n) is 3.51. The summed E-state index contributed by atoms with van der Waals surface area (Å²) in [5.41, 5.74) is 6.35. The minimum Gasteiger partial charge on any atom is -0.379 e. The topological polar surface area (TPSA) is 155 Å². The van der Waals surface area contributed by atoms with Crippen LogP contribution >= 0.6 is 0 Å². The molecule has 0 aliphatic carbocycles. The first kappa shape index (κ1) is 39.8. The van der Waals surface area contributed by atoms with E-state index in [1.165, 1.54) is 0 Å². The summed E-state index contributed by atoms with van der Waals surface area (Å²) in [5.74, 6) is -0.863. The zero-order valence-electron chi connectivity index (χ0n) is 26.4. The minimum atomic E-state index is -0.758. The Labute approximate surface area is 262 Å². The largest absolute Gasteiger partial charge is 0.379 e. The summed E-state index contributed by atoms with van der Waals surface area (Å²) < 4.78 is 48.8. The zero-order valence-corrected chi connectivity index (χ0v) is 26.4. The van der Waals surface area contributed by atoms with E-state index in [9.17, 15) is 9.59 Å². The third-order valence-electron chi connectivity index (χ3n) is 5.76. The fraction of sp³-hybridized carbons (Fsp3) is 0.742. The number of amides is 2. The maximum atomic E-state index is 12.1. The number of hydrogen-bond donors (Lipinski definition) is 2. The van der Waals surface area contributed by atoms with Gasteiger partial charge >= 0.3 is 0 Å². The molecule has 1 atom stereocenters. The van der Waals surface area contributed by atoms with Crippen molar-refractivity contribution in [1.29, 1.82) is 0 Å². The highest BCUT2D eigenvalue weighted by atomic mass is 16.6. The van der Waals surface area contributed by atoms with Crippen molar-refractivity contribution in [3.63, 3.8) is 0 Å². The predicted octanol–water partition coefficient (Wildman–Crippen LogP) is 1.15. The Morgan fingerprint density at radius 3 is 1.25 bits per heavy atom. The number of hydrogen-bond acceptors (Lipinski definition) is 11. The molecule has 0 aliphatic rings. The molecule has 0 bridgehead atoms. The number of benzene rings is 1. The highest BCUT2D eigenvalue weighted by Gasteiger charge is 2.18. The second kappa shape index (κ2) is 30.8. The second-order valence-electron chi connectivity index (χ2n) is 9.47. The summed E-state index contributed by atoms with van der Waals surface area (Å²) in [6.45, 7) is 10.9. The van der Waals surface area contributed by atoms with E-state index < -0.39 is 11.9 Å². The van der Waals surface area contributed by atoms with Gasteiger partial charge in [-0.25, -0.2) is 0 Å². The van der Waals surface area contributed by atoms with Crippen LogP contribution in [0.4, 0.5) is 0 Å². The fourth-order valence-corrected chi connectivity index (χ4v) is 3.51. The lowest BCUT2D eigenvalue weighted by Crippen LogP contribution is -2.46. The normalized spacial score (nSPS) is 11.9. The van der Waals surface area contributed by atoms with Crippen molar-refractivity contribution in [2.45, 2.75) is 32.2 Å². The molecule has 3 N–H and O–H groups in total. The number of ether oxygens (including phenoxy) is 9. The van der Waals surface area contributed by atoms with Gasteiger partial charge in [-0.3, -0.25) is 9.59 Å². The van der Waals surface area contributed by atoms with Gasteiger partial charge in [0.25, 0.3) is 0 Å². The third-order valence-corrected chi connectivity index (χ3v) is 5.76. The first-order chi connectivity index (χ1) is 21.6. The van der Waals surface area contributed by atoms with Crippen LogP contribution in [0.5, 0.6) is 0 Å². The molecule has 1 rings (SSSR count). The Morgan fingerprint density at radius 2 is 0.909 bits per heavy atom. The van der Waals surface area contributed by atoms with Crippen LogP contribution in [0.25, 0.3) is 0 Å². The molecule has 0 aromatic heterocycles. The van der Waals surface area contributed by atoms with Crippen LogP contribution in [0.15, 0.2) is 30.3 Å². The summed E-state index contributed by atoms with van der Waals surface area (Å²) in [6, 6.07) is 8.63. The molecule has 44 heavy (non-hydrogen) atoms. The number of rotatable bonds is 33. The Kier molecular flexibility index (Phi) is 27.9. The number of nitrogens with two attached hydrogens (primary N) is 1. The van der Waals surface area contributed by atoms with Gasteiger partial charge in [0.05, 0.1) is 112 Å². The molecule has 0 aliphatic heterocycles. The van der Waals surface area contributed by atoms with E-state index in [4.69, 9.17) is 48.4 Å². The highest BCUT2D eigenvalue weighted by Crippen LogP contribution is 2.03. The summed E-state index contributed by atoms with van der Waals surface area (Å²) in [4.78, 5) is 23.8. The van der Waals surface area contributed by atoms with E-state index in [0.717, 1.165) is 18.6 Å². The zero-order chi connectivity index (χ0) is 31.8. The minimum absolute atomic E-state index is 0.128. The van der Waals surface area contributed by atoms with Crippen LogP contribution < -0.4 is 11.1 Å². The summed E-state index contributed by atoms with van der Waals surface area (Å²) >= 11 is 0. The molecule has 0 heterocycles.